The van der Waals surface area contributed by atoms with Gasteiger partial charge in [0.2, 0.25) is 6.41 Å². The molecule has 0 saturated heterocycles. The highest BCUT2D eigenvalue weighted by atomic mass is 35.6. The fourth-order valence-electron chi connectivity index (χ4n) is 0. The van der Waals surface area contributed by atoms with Crippen molar-refractivity contribution in [2.75, 3.05) is 26.6 Å². The molecule has 0 aromatic rings. The molecule has 0 aromatic carbocycles. The van der Waals surface area contributed by atoms with E-state index in [2.05, 4.69) is 0 Å². The van der Waals surface area contributed by atoms with Crippen molar-refractivity contribution in [3.8, 4) is 0 Å². The average Bonchev–Trinajstić information content (AvgIpc) is 1.84. The summed E-state index contributed by atoms with van der Waals surface area (Å²) in [5, 5.41) is 0. The quantitative estimate of drug-likeness (QED) is 0.537. The summed E-state index contributed by atoms with van der Waals surface area (Å²) in [5.74, 6) is 0. The Hall–Kier alpha value is 0.490. The third-order valence-electron chi connectivity index (χ3n) is 0.211. The highest BCUT2D eigenvalue weighted by molar-refractivity contribution is 7.83. The van der Waals surface area contributed by atoms with Gasteiger partial charge < -0.3 is 4.90 Å². The lowest BCUT2D eigenvalue weighted by Gasteiger charge is -1.93. The van der Waals surface area contributed by atoms with Crippen LogP contribution in [0.3, 0.4) is 0 Å². The van der Waals surface area contributed by atoms with E-state index in [0.717, 1.165) is 6.41 Å². The summed E-state index contributed by atoms with van der Waals surface area (Å²) >= 11 is 14.4. The molecule has 0 spiro atoms. The third-order valence-corrected chi connectivity index (χ3v) is 0.211. The highest BCUT2D eigenvalue weighted by Gasteiger charge is 1.78. The van der Waals surface area contributed by atoms with Gasteiger partial charge in [0, 0.05) is 37.4 Å². The van der Waals surface area contributed by atoms with E-state index in [9.17, 15) is 9.00 Å². The second-order valence-electron chi connectivity index (χ2n) is 2.06. The molecule has 0 heterocycles. The second-order valence-corrected chi connectivity index (χ2v) is 5.52. The van der Waals surface area contributed by atoms with Crippen LogP contribution in [0.5, 0.6) is 0 Å². The van der Waals surface area contributed by atoms with Crippen molar-refractivity contribution in [3.63, 3.8) is 0 Å². The van der Waals surface area contributed by atoms with Crippen LogP contribution in [0.2, 0.25) is 0 Å². The first-order valence-corrected chi connectivity index (χ1v) is 6.30. The number of amides is 1. The molecule has 0 aliphatic heterocycles. The molecule has 7 heteroatoms. The van der Waals surface area contributed by atoms with Crippen molar-refractivity contribution in [3.05, 3.63) is 0 Å². The van der Waals surface area contributed by atoms with Crippen LogP contribution in [0, 0.1) is 0 Å². The van der Waals surface area contributed by atoms with Gasteiger partial charge in [-0.1, -0.05) is 34.8 Å². The minimum absolute atomic E-state index is 0.611. The first-order valence-electron chi connectivity index (χ1n) is 3.03. The monoisotopic (exact) mass is 269 g/mol. The molecule has 3 nitrogen and oxygen atoms in total. The van der Waals surface area contributed by atoms with E-state index in [1.54, 1.807) is 26.6 Å². The molecule has 13 heavy (non-hydrogen) atoms. The molecule has 0 fully saturated rings. The zero-order valence-electron chi connectivity index (χ0n) is 7.96. The van der Waals surface area contributed by atoms with Gasteiger partial charge in [0.15, 0.2) is 4.30 Å². The Bertz CT molecular complexity index is 126. The van der Waals surface area contributed by atoms with Crippen LogP contribution in [-0.2, 0) is 15.6 Å². The molecule has 0 saturated carbocycles. The Morgan fingerprint density at radius 2 is 1.31 bits per heavy atom. The molecule has 0 radical (unpaired) electrons. The lowest BCUT2D eigenvalue weighted by atomic mass is 11.0. The van der Waals surface area contributed by atoms with Crippen molar-refractivity contribution in [1.29, 1.82) is 0 Å². The van der Waals surface area contributed by atoms with Crippen molar-refractivity contribution >= 4 is 52.0 Å². The second kappa shape index (κ2) is 15.0. The molecular formula is C6H14Cl3NO2S. The summed E-state index contributed by atoms with van der Waals surface area (Å²) in [6.07, 6.45) is 4.03. The van der Waals surface area contributed by atoms with E-state index in [1.807, 2.05) is 0 Å². The van der Waals surface area contributed by atoms with Gasteiger partial charge in [0.05, 0.1) is 0 Å². The van der Waals surface area contributed by atoms with Crippen LogP contribution in [0.25, 0.3) is 0 Å². The summed E-state index contributed by atoms with van der Waals surface area (Å²) in [6, 6.07) is 0. The van der Waals surface area contributed by atoms with Crippen molar-refractivity contribution in [2.45, 2.75) is 4.30 Å². The number of carbonyl (C=O) groups is 1. The topological polar surface area (TPSA) is 37.4 Å². The van der Waals surface area contributed by atoms with Crippen LogP contribution in [0.4, 0.5) is 0 Å². The summed E-state index contributed by atoms with van der Waals surface area (Å²) in [5.41, 5.74) is 0. The summed E-state index contributed by atoms with van der Waals surface area (Å²) in [6.45, 7) is 0. The number of hydrogen-bond donors (Lipinski definition) is 0. The molecule has 0 unspecified atom stereocenters. The van der Waals surface area contributed by atoms with Crippen molar-refractivity contribution < 1.29 is 9.00 Å². The van der Waals surface area contributed by atoms with Crippen LogP contribution in [-0.4, -0.2) is 46.4 Å². The molecule has 0 N–H and O–H groups in total. The maximum absolute atomic E-state index is 9.56. The van der Waals surface area contributed by atoms with E-state index in [4.69, 9.17) is 34.8 Å². The zero-order chi connectivity index (χ0) is 11.4. The lowest BCUT2D eigenvalue weighted by molar-refractivity contribution is -0.115. The van der Waals surface area contributed by atoms with Crippen LogP contribution < -0.4 is 0 Å². The van der Waals surface area contributed by atoms with E-state index in [-0.39, 0.29) is 0 Å². The molecule has 82 valence electrons. The van der Waals surface area contributed by atoms with Gasteiger partial charge in [-0.25, -0.2) is 0 Å². The van der Waals surface area contributed by atoms with E-state index in [1.165, 1.54) is 4.90 Å². The molecule has 0 rings (SSSR count). The molecule has 0 aliphatic rings. The van der Waals surface area contributed by atoms with Gasteiger partial charge in [-0.05, 0) is 0 Å². The fourth-order valence-corrected chi connectivity index (χ4v) is 0. The standard InChI is InChI=1S/C3H7NO.C2H6OS.CHCl3/c1-4(2)3-5;1-4(2)3;2-1(3)4/h3H,1-2H3;1-2H3;1H. The normalized spacial score (nSPS) is 8.08. The highest BCUT2D eigenvalue weighted by Crippen LogP contribution is 2.03. The maximum atomic E-state index is 9.56. The number of carbonyl (C=O) groups excluding carboxylic acids is 1. The molecule has 1 amide bonds. The predicted octanol–water partition coefficient (Wildman–Crippen LogP) is 1.69. The number of hydrogen-bond acceptors (Lipinski definition) is 2. The molecule has 0 aromatic heterocycles. The number of rotatable bonds is 1. The smallest absolute Gasteiger partial charge is 0.209 e. The Balaban J connectivity index is -0.000000117. The van der Waals surface area contributed by atoms with Gasteiger partial charge >= 0.3 is 0 Å². The minimum atomic E-state index is -0.750. The van der Waals surface area contributed by atoms with Gasteiger partial charge in [-0.3, -0.25) is 9.00 Å². The summed E-state index contributed by atoms with van der Waals surface area (Å²) in [4.78, 5) is 10.9. The minimum Gasteiger partial charge on any atom is -0.351 e. The summed E-state index contributed by atoms with van der Waals surface area (Å²) in [7, 11) is 2.76. The Kier molecular flexibility index (Phi) is 22.0. The molecule has 0 atom stereocenters. The van der Waals surface area contributed by atoms with Gasteiger partial charge in [-0.2, -0.15) is 0 Å². The Morgan fingerprint density at radius 3 is 1.31 bits per heavy atom. The Labute approximate surface area is 96.8 Å². The number of alkyl halides is 3. The number of halogens is 3. The average molecular weight is 271 g/mol. The van der Waals surface area contributed by atoms with Gasteiger partial charge in [0.1, 0.15) is 0 Å². The van der Waals surface area contributed by atoms with Crippen LogP contribution in [0.1, 0.15) is 0 Å². The van der Waals surface area contributed by atoms with Crippen LogP contribution >= 0.6 is 34.8 Å². The van der Waals surface area contributed by atoms with Crippen molar-refractivity contribution in [2.24, 2.45) is 0 Å². The zero-order valence-corrected chi connectivity index (χ0v) is 11.0. The largest absolute Gasteiger partial charge is 0.351 e. The third kappa shape index (κ3) is 222. The lowest BCUT2D eigenvalue weighted by Crippen LogP contribution is -2.06. The molecule has 0 aliphatic carbocycles. The predicted molar refractivity (Wildman–Crippen MR) is 61.1 cm³/mol. The Morgan fingerprint density at radius 1 is 1.23 bits per heavy atom. The summed E-state index contributed by atoms with van der Waals surface area (Å²) < 4.78 is 8.81. The first-order chi connectivity index (χ1) is 5.73. The molecular weight excluding hydrogens is 256 g/mol. The number of nitrogens with zero attached hydrogens (tertiary/aromatic N) is 1. The fraction of sp³-hybridized carbons (Fsp3) is 0.833. The SMILES string of the molecule is CN(C)C=O.CS(C)=O.ClC(Cl)Cl. The van der Waals surface area contributed by atoms with Crippen molar-refractivity contribution in [1.82, 2.24) is 4.90 Å². The van der Waals surface area contributed by atoms with Gasteiger partial charge in [-0.15, -0.1) is 0 Å². The first kappa shape index (κ1) is 19.1. The van der Waals surface area contributed by atoms with E-state index < -0.39 is 15.1 Å². The molecule has 0 bridgehead atoms. The van der Waals surface area contributed by atoms with E-state index >= 15 is 0 Å². The maximum Gasteiger partial charge on any atom is 0.209 e. The van der Waals surface area contributed by atoms with E-state index in [0.29, 0.717) is 0 Å². The van der Waals surface area contributed by atoms with Crippen LogP contribution in [0.15, 0.2) is 0 Å². The van der Waals surface area contributed by atoms with Gasteiger partial charge in [0.25, 0.3) is 0 Å².